The quantitative estimate of drug-likeness (QED) is 0.290. The Morgan fingerprint density at radius 2 is 2.00 bits per heavy atom. The smallest absolute Gasteiger partial charge is 0.243 e. The van der Waals surface area contributed by atoms with Crippen LogP contribution in [0.15, 0.2) is 29.3 Å². The first kappa shape index (κ1) is 22.6. The van der Waals surface area contributed by atoms with E-state index < -0.39 is 0 Å². The number of hydrogen-bond donors (Lipinski definition) is 2. The maximum Gasteiger partial charge on any atom is 0.243 e. The van der Waals surface area contributed by atoms with Gasteiger partial charge in [-0.15, -0.1) is 24.0 Å². The maximum absolute atomic E-state index is 11.7. The van der Waals surface area contributed by atoms with Crippen LogP contribution in [0.4, 0.5) is 0 Å². The number of nitrogens with zero attached hydrogens (tertiary/aromatic N) is 2. The Morgan fingerprint density at radius 3 is 2.58 bits per heavy atom. The summed E-state index contributed by atoms with van der Waals surface area (Å²) in [7, 11) is 5.09. The number of ether oxygens (including phenoxy) is 1. The second kappa shape index (κ2) is 12.1. The number of methoxy groups -OCH3 is 1. The van der Waals surface area contributed by atoms with Crippen LogP contribution in [-0.2, 0) is 9.53 Å². The van der Waals surface area contributed by atoms with Crippen molar-refractivity contribution in [1.82, 2.24) is 15.5 Å². The first-order chi connectivity index (χ1) is 11.0. The van der Waals surface area contributed by atoms with Gasteiger partial charge in [-0.1, -0.05) is 24.3 Å². The van der Waals surface area contributed by atoms with E-state index in [0.29, 0.717) is 19.1 Å². The summed E-state index contributed by atoms with van der Waals surface area (Å²) >= 11 is 0. The fourth-order valence-electron chi connectivity index (χ4n) is 2.07. The Morgan fingerprint density at radius 1 is 1.33 bits per heavy atom. The number of guanidine groups is 1. The van der Waals surface area contributed by atoms with Crippen molar-refractivity contribution in [3.63, 3.8) is 0 Å². The molecule has 0 radical (unpaired) electrons. The van der Waals surface area contributed by atoms with Gasteiger partial charge in [-0.3, -0.25) is 4.79 Å². The van der Waals surface area contributed by atoms with E-state index in [9.17, 15) is 4.79 Å². The molecule has 1 rings (SSSR count). The Kier molecular flexibility index (Phi) is 11.4. The van der Waals surface area contributed by atoms with Gasteiger partial charge in [0.2, 0.25) is 5.91 Å². The van der Waals surface area contributed by atoms with Crippen molar-refractivity contribution < 1.29 is 9.53 Å². The minimum Gasteiger partial charge on any atom is -0.383 e. The summed E-state index contributed by atoms with van der Waals surface area (Å²) < 4.78 is 5.04. The molecule has 6 nitrogen and oxygen atoms in total. The number of amides is 1. The molecular formula is C17H29IN4O2. The zero-order chi connectivity index (χ0) is 17.2. The van der Waals surface area contributed by atoms with Crippen LogP contribution in [0.2, 0.25) is 0 Å². The summed E-state index contributed by atoms with van der Waals surface area (Å²) in [5.74, 6) is 0.564. The molecule has 1 aromatic rings. The van der Waals surface area contributed by atoms with Gasteiger partial charge in [0.1, 0.15) is 6.54 Å². The standard InChI is InChI=1S/C17H28N4O2.HI/c1-13-8-6-7-9-15(13)14(2)20-17(18-10-11-23-5)19-12-16(22)21(3)4;/h6-9,14H,10-12H2,1-5H3,(H2,18,19,20);1H. The number of aryl methyl sites for hydroxylation is 1. The van der Waals surface area contributed by atoms with E-state index in [1.165, 1.54) is 16.0 Å². The van der Waals surface area contributed by atoms with Crippen LogP contribution in [0.5, 0.6) is 0 Å². The maximum atomic E-state index is 11.7. The predicted octanol–water partition coefficient (Wildman–Crippen LogP) is 1.94. The monoisotopic (exact) mass is 448 g/mol. The molecule has 136 valence electrons. The lowest BCUT2D eigenvalue weighted by molar-refractivity contribution is -0.127. The number of likely N-dealkylation sites (N-methyl/N-ethyl adjacent to an activating group) is 1. The van der Waals surface area contributed by atoms with Crippen molar-refractivity contribution in [3.8, 4) is 0 Å². The number of aliphatic imine (C=N–C) groups is 1. The lowest BCUT2D eigenvalue weighted by atomic mass is 10.0. The summed E-state index contributed by atoms with van der Waals surface area (Å²) in [6, 6.07) is 8.29. The molecule has 0 aromatic heterocycles. The molecule has 1 amide bonds. The molecule has 0 aliphatic carbocycles. The fraction of sp³-hybridized carbons (Fsp3) is 0.529. The summed E-state index contributed by atoms with van der Waals surface area (Å²) in [6.45, 7) is 5.46. The Balaban J connectivity index is 0.00000529. The summed E-state index contributed by atoms with van der Waals surface area (Å²) in [5.41, 5.74) is 2.42. The Labute approximate surface area is 162 Å². The van der Waals surface area contributed by atoms with Gasteiger partial charge in [0.25, 0.3) is 0 Å². The van der Waals surface area contributed by atoms with E-state index in [2.05, 4.69) is 41.6 Å². The van der Waals surface area contributed by atoms with Gasteiger partial charge in [0, 0.05) is 27.7 Å². The number of rotatable bonds is 7. The summed E-state index contributed by atoms with van der Waals surface area (Å²) in [6.07, 6.45) is 0. The Hall–Kier alpha value is -1.35. The van der Waals surface area contributed by atoms with Crippen LogP contribution >= 0.6 is 24.0 Å². The first-order valence-electron chi connectivity index (χ1n) is 7.75. The van der Waals surface area contributed by atoms with Crippen molar-refractivity contribution in [2.24, 2.45) is 4.99 Å². The SMILES string of the molecule is COCCNC(=NCC(=O)N(C)C)NC(C)c1ccccc1C.I. The predicted molar refractivity (Wildman–Crippen MR) is 109 cm³/mol. The number of hydrogen-bond acceptors (Lipinski definition) is 3. The van der Waals surface area contributed by atoms with Crippen molar-refractivity contribution in [2.45, 2.75) is 19.9 Å². The highest BCUT2D eigenvalue weighted by Gasteiger charge is 2.11. The number of carbonyl (C=O) groups is 1. The van der Waals surface area contributed by atoms with E-state index in [4.69, 9.17) is 4.74 Å². The van der Waals surface area contributed by atoms with Gasteiger partial charge in [0.15, 0.2) is 5.96 Å². The van der Waals surface area contributed by atoms with Crippen molar-refractivity contribution in [1.29, 1.82) is 0 Å². The molecule has 0 saturated heterocycles. The van der Waals surface area contributed by atoms with Crippen LogP contribution in [0, 0.1) is 6.92 Å². The van der Waals surface area contributed by atoms with Gasteiger partial charge in [-0.25, -0.2) is 4.99 Å². The third-order valence-corrected chi connectivity index (χ3v) is 3.48. The summed E-state index contributed by atoms with van der Waals surface area (Å²) in [4.78, 5) is 17.6. The highest BCUT2D eigenvalue weighted by Crippen LogP contribution is 2.16. The highest BCUT2D eigenvalue weighted by atomic mass is 127. The molecule has 0 aliphatic rings. The third-order valence-electron chi connectivity index (χ3n) is 3.48. The van der Waals surface area contributed by atoms with Crippen LogP contribution in [0.3, 0.4) is 0 Å². The molecule has 24 heavy (non-hydrogen) atoms. The van der Waals surface area contributed by atoms with E-state index >= 15 is 0 Å². The molecule has 0 fully saturated rings. The highest BCUT2D eigenvalue weighted by molar-refractivity contribution is 14.0. The topological polar surface area (TPSA) is 66.0 Å². The fourth-order valence-corrected chi connectivity index (χ4v) is 2.07. The second-order valence-electron chi connectivity index (χ2n) is 5.60. The van der Waals surface area contributed by atoms with E-state index in [1.807, 2.05) is 12.1 Å². The molecule has 0 heterocycles. The molecule has 1 aromatic carbocycles. The average Bonchev–Trinajstić information content (AvgIpc) is 2.52. The molecule has 2 N–H and O–H groups in total. The molecule has 0 bridgehead atoms. The lowest BCUT2D eigenvalue weighted by Gasteiger charge is -2.20. The van der Waals surface area contributed by atoms with Gasteiger partial charge in [-0.2, -0.15) is 0 Å². The van der Waals surface area contributed by atoms with Crippen molar-refractivity contribution in [3.05, 3.63) is 35.4 Å². The van der Waals surface area contributed by atoms with E-state index in [1.54, 1.807) is 21.2 Å². The molecule has 1 atom stereocenters. The first-order valence-corrected chi connectivity index (χ1v) is 7.75. The number of nitrogens with one attached hydrogen (secondary N) is 2. The molecule has 0 saturated carbocycles. The Bertz CT molecular complexity index is 535. The largest absolute Gasteiger partial charge is 0.383 e. The molecule has 1 unspecified atom stereocenters. The van der Waals surface area contributed by atoms with E-state index in [-0.39, 0.29) is 42.5 Å². The number of benzene rings is 1. The number of halogens is 1. The minimum atomic E-state index is -0.0404. The van der Waals surface area contributed by atoms with Crippen LogP contribution in [0.1, 0.15) is 24.1 Å². The van der Waals surface area contributed by atoms with Gasteiger partial charge < -0.3 is 20.3 Å². The minimum absolute atomic E-state index is 0. The van der Waals surface area contributed by atoms with Gasteiger partial charge in [0.05, 0.1) is 12.6 Å². The summed E-state index contributed by atoms with van der Waals surface area (Å²) in [5, 5.41) is 6.52. The zero-order valence-electron chi connectivity index (χ0n) is 15.1. The van der Waals surface area contributed by atoms with Crippen molar-refractivity contribution >= 4 is 35.8 Å². The lowest BCUT2D eigenvalue weighted by Crippen LogP contribution is -2.41. The number of carbonyl (C=O) groups excluding carboxylic acids is 1. The van der Waals surface area contributed by atoms with Gasteiger partial charge >= 0.3 is 0 Å². The third kappa shape index (κ3) is 7.96. The van der Waals surface area contributed by atoms with Crippen LogP contribution in [-0.4, -0.2) is 57.7 Å². The van der Waals surface area contributed by atoms with E-state index in [0.717, 1.165) is 0 Å². The van der Waals surface area contributed by atoms with Crippen molar-refractivity contribution in [2.75, 3.05) is 40.9 Å². The van der Waals surface area contributed by atoms with Crippen LogP contribution < -0.4 is 10.6 Å². The molecule has 0 spiro atoms. The molecular weight excluding hydrogens is 419 g/mol. The normalized spacial score (nSPS) is 12.1. The average molecular weight is 448 g/mol. The molecule has 7 heteroatoms. The van der Waals surface area contributed by atoms with Crippen LogP contribution in [0.25, 0.3) is 0 Å². The second-order valence-corrected chi connectivity index (χ2v) is 5.60. The zero-order valence-corrected chi connectivity index (χ0v) is 17.5. The molecule has 0 aliphatic heterocycles. The van der Waals surface area contributed by atoms with Gasteiger partial charge in [-0.05, 0) is 25.0 Å².